The second kappa shape index (κ2) is 6.35. The first-order valence-electron chi connectivity index (χ1n) is 6.57. The zero-order chi connectivity index (χ0) is 15.5. The van der Waals surface area contributed by atoms with Crippen molar-refractivity contribution < 1.29 is 14.7 Å². The summed E-state index contributed by atoms with van der Waals surface area (Å²) >= 11 is 1.11. The van der Waals surface area contributed by atoms with Gasteiger partial charge in [0.2, 0.25) is 5.91 Å². The second-order valence-electron chi connectivity index (χ2n) is 6.08. The van der Waals surface area contributed by atoms with Gasteiger partial charge in [-0.25, -0.2) is 9.78 Å². The molecule has 0 radical (unpaired) electrons. The van der Waals surface area contributed by atoms with Gasteiger partial charge in [-0.3, -0.25) is 4.79 Å². The van der Waals surface area contributed by atoms with E-state index >= 15 is 0 Å². The number of carboxylic acids is 1. The number of aromatic nitrogens is 1. The number of aromatic carboxylic acids is 1. The minimum absolute atomic E-state index is 0.0304. The molecule has 1 rings (SSSR count). The fourth-order valence-corrected chi connectivity index (χ4v) is 2.40. The Morgan fingerprint density at radius 2 is 2.00 bits per heavy atom. The van der Waals surface area contributed by atoms with E-state index in [1.54, 1.807) is 6.92 Å². The number of aryl methyl sites for hydroxylation is 1. The van der Waals surface area contributed by atoms with Gasteiger partial charge >= 0.3 is 5.97 Å². The molecule has 2 N–H and O–H groups in total. The first-order valence-corrected chi connectivity index (χ1v) is 7.39. The van der Waals surface area contributed by atoms with Crippen molar-refractivity contribution in [2.24, 2.45) is 11.3 Å². The van der Waals surface area contributed by atoms with Gasteiger partial charge in [-0.05, 0) is 18.3 Å². The lowest BCUT2D eigenvalue weighted by atomic mass is 9.80. The highest BCUT2D eigenvalue weighted by Crippen LogP contribution is 2.27. The van der Waals surface area contributed by atoms with Crippen LogP contribution in [0.5, 0.6) is 0 Å². The van der Waals surface area contributed by atoms with Gasteiger partial charge in [0.1, 0.15) is 9.88 Å². The maximum atomic E-state index is 11.8. The van der Waals surface area contributed by atoms with Crippen LogP contribution in [0.4, 0.5) is 0 Å². The third kappa shape index (κ3) is 4.59. The zero-order valence-corrected chi connectivity index (χ0v) is 13.4. The summed E-state index contributed by atoms with van der Waals surface area (Å²) in [6, 6.07) is 0. The topological polar surface area (TPSA) is 79.3 Å². The van der Waals surface area contributed by atoms with E-state index in [0.29, 0.717) is 17.1 Å². The number of rotatable bonds is 5. The summed E-state index contributed by atoms with van der Waals surface area (Å²) in [4.78, 5) is 27.1. The molecule has 5 nitrogen and oxygen atoms in total. The Hall–Kier alpha value is -1.43. The quantitative estimate of drug-likeness (QED) is 0.876. The molecule has 0 bridgehead atoms. The summed E-state index contributed by atoms with van der Waals surface area (Å²) in [5, 5.41) is 12.4. The van der Waals surface area contributed by atoms with E-state index in [1.165, 1.54) is 0 Å². The standard InChI is InChI=1S/C14H22N2O3S/c1-8(14(3,4)5)6-10(17)15-7-11-16-9(2)12(20-11)13(18)19/h8H,6-7H2,1-5H3,(H,15,17)(H,18,19). The molecule has 6 heteroatoms. The molecule has 1 unspecified atom stereocenters. The Morgan fingerprint density at radius 3 is 2.45 bits per heavy atom. The van der Waals surface area contributed by atoms with E-state index in [0.717, 1.165) is 11.3 Å². The number of nitrogens with one attached hydrogen (secondary N) is 1. The van der Waals surface area contributed by atoms with E-state index in [1.807, 2.05) is 0 Å². The molecule has 0 aliphatic heterocycles. The van der Waals surface area contributed by atoms with E-state index in [2.05, 4.69) is 38.0 Å². The number of carbonyl (C=O) groups is 2. The molecule has 0 spiro atoms. The van der Waals surface area contributed by atoms with Crippen LogP contribution in [0.15, 0.2) is 0 Å². The van der Waals surface area contributed by atoms with Crippen molar-refractivity contribution in [2.75, 3.05) is 0 Å². The average Bonchev–Trinajstić information content (AvgIpc) is 2.66. The number of thiazole rings is 1. The molecule has 0 aliphatic carbocycles. The molecule has 20 heavy (non-hydrogen) atoms. The molecule has 1 amide bonds. The molecule has 1 atom stereocenters. The molecule has 0 saturated carbocycles. The third-order valence-corrected chi connectivity index (χ3v) is 4.59. The Labute approximate surface area is 123 Å². The highest BCUT2D eigenvalue weighted by molar-refractivity contribution is 7.13. The Balaban J connectivity index is 2.53. The highest BCUT2D eigenvalue weighted by atomic mass is 32.1. The maximum Gasteiger partial charge on any atom is 0.347 e. The smallest absolute Gasteiger partial charge is 0.347 e. The van der Waals surface area contributed by atoms with Crippen LogP contribution in [-0.4, -0.2) is 22.0 Å². The number of carboxylic acid groups (broad SMARTS) is 1. The van der Waals surface area contributed by atoms with Crippen LogP contribution in [-0.2, 0) is 11.3 Å². The minimum atomic E-state index is -0.973. The van der Waals surface area contributed by atoms with Gasteiger partial charge in [-0.1, -0.05) is 27.7 Å². The van der Waals surface area contributed by atoms with Gasteiger partial charge in [0.15, 0.2) is 0 Å². The van der Waals surface area contributed by atoms with Crippen LogP contribution < -0.4 is 5.32 Å². The van der Waals surface area contributed by atoms with Crippen LogP contribution >= 0.6 is 11.3 Å². The normalized spacial score (nSPS) is 13.1. The van der Waals surface area contributed by atoms with E-state index in [9.17, 15) is 9.59 Å². The molecule has 0 saturated heterocycles. The summed E-state index contributed by atoms with van der Waals surface area (Å²) in [6.07, 6.45) is 0.458. The lowest BCUT2D eigenvalue weighted by molar-refractivity contribution is -0.122. The van der Waals surface area contributed by atoms with Crippen molar-refractivity contribution in [1.29, 1.82) is 0 Å². The van der Waals surface area contributed by atoms with E-state index in [-0.39, 0.29) is 28.7 Å². The van der Waals surface area contributed by atoms with Crippen molar-refractivity contribution in [1.82, 2.24) is 10.3 Å². The number of hydrogen-bond acceptors (Lipinski definition) is 4. The molecule has 1 aromatic heterocycles. The van der Waals surface area contributed by atoms with Gasteiger partial charge in [-0.2, -0.15) is 0 Å². The van der Waals surface area contributed by atoms with Crippen LogP contribution in [0, 0.1) is 18.3 Å². The zero-order valence-electron chi connectivity index (χ0n) is 12.6. The van der Waals surface area contributed by atoms with Crippen LogP contribution in [0.25, 0.3) is 0 Å². The third-order valence-electron chi connectivity index (χ3n) is 3.44. The first kappa shape index (κ1) is 16.6. The van der Waals surface area contributed by atoms with Crippen LogP contribution in [0.2, 0.25) is 0 Å². The van der Waals surface area contributed by atoms with Gasteiger partial charge in [0.05, 0.1) is 12.2 Å². The molecular weight excluding hydrogens is 276 g/mol. The second-order valence-corrected chi connectivity index (χ2v) is 7.16. The average molecular weight is 298 g/mol. The van der Waals surface area contributed by atoms with Crippen molar-refractivity contribution >= 4 is 23.2 Å². The molecule has 0 aliphatic rings. The Morgan fingerprint density at radius 1 is 1.40 bits per heavy atom. The van der Waals surface area contributed by atoms with Gasteiger partial charge < -0.3 is 10.4 Å². The summed E-state index contributed by atoms with van der Waals surface area (Å²) in [5.41, 5.74) is 0.584. The van der Waals surface area contributed by atoms with E-state index < -0.39 is 5.97 Å². The SMILES string of the molecule is Cc1nc(CNC(=O)CC(C)C(C)(C)C)sc1C(=O)O. The summed E-state index contributed by atoms with van der Waals surface area (Å²) in [5.74, 6) is -0.730. The van der Waals surface area contributed by atoms with Crippen LogP contribution in [0.3, 0.4) is 0 Å². The maximum absolute atomic E-state index is 11.8. The van der Waals surface area contributed by atoms with Crippen molar-refractivity contribution in [2.45, 2.75) is 47.6 Å². The number of carbonyl (C=O) groups excluding carboxylic acids is 1. The number of hydrogen-bond donors (Lipinski definition) is 2. The van der Waals surface area contributed by atoms with Crippen LogP contribution in [0.1, 0.15) is 54.5 Å². The molecule has 1 aromatic rings. The molecule has 112 valence electrons. The predicted molar refractivity (Wildman–Crippen MR) is 78.9 cm³/mol. The lowest BCUT2D eigenvalue weighted by Crippen LogP contribution is -2.28. The number of amides is 1. The Bertz CT molecular complexity index is 503. The van der Waals surface area contributed by atoms with Crippen molar-refractivity contribution in [3.63, 3.8) is 0 Å². The summed E-state index contributed by atoms with van der Waals surface area (Å²) in [6.45, 7) is 10.3. The summed E-state index contributed by atoms with van der Waals surface area (Å²) in [7, 11) is 0. The Kier molecular flexibility index (Phi) is 5.28. The van der Waals surface area contributed by atoms with Gasteiger partial charge in [-0.15, -0.1) is 11.3 Å². The van der Waals surface area contributed by atoms with E-state index in [4.69, 9.17) is 5.11 Å². The minimum Gasteiger partial charge on any atom is -0.477 e. The van der Waals surface area contributed by atoms with Crippen molar-refractivity contribution in [3.8, 4) is 0 Å². The van der Waals surface area contributed by atoms with Gasteiger partial charge in [0, 0.05) is 6.42 Å². The predicted octanol–water partition coefficient (Wildman–Crippen LogP) is 2.84. The monoisotopic (exact) mass is 298 g/mol. The largest absolute Gasteiger partial charge is 0.477 e. The fraction of sp³-hybridized carbons (Fsp3) is 0.643. The molecule has 0 aromatic carbocycles. The first-order chi connectivity index (χ1) is 9.11. The molecular formula is C14H22N2O3S. The fourth-order valence-electron chi connectivity index (χ4n) is 1.56. The van der Waals surface area contributed by atoms with Crippen molar-refractivity contribution in [3.05, 3.63) is 15.6 Å². The van der Waals surface area contributed by atoms with Gasteiger partial charge in [0.25, 0.3) is 0 Å². The lowest BCUT2D eigenvalue weighted by Gasteiger charge is -2.26. The number of nitrogens with zero attached hydrogens (tertiary/aromatic N) is 1. The molecule has 1 heterocycles. The highest BCUT2D eigenvalue weighted by Gasteiger charge is 2.22. The summed E-state index contributed by atoms with van der Waals surface area (Å²) < 4.78 is 0. The molecule has 0 fully saturated rings.